The van der Waals surface area contributed by atoms with Crippen molar-refractivity contribution in [3.8, 4) is 0 Å². The number of carbonyl (C=O) groups excluding carboxylic acids is 1. The molecule has 0 bridgehead atoms. The number of hydrogen-bond donors (Lipinski definition) is 0. The number of unbranched alkanes of at least 4 members (excludes halogenated alkanes) is 5. The summed E-state index contributed by atoms with van der Waals surface area (Å²) in [6.07, 6.45) is 19.6. The fourth-order valence-corrected chi connectivity index (χ4v) is 1.75. The van der Waals surface area contributed by atoms with Crippen molar-refractivity contribution in [3.05, 3.63) is 37.0 Å². The third-order valence-electron chi connectivity index (χ3n) is 2.88. The number of allylic oxidation sites excluding steroid dienone is 5. The van der Waals surface area contributed by atoms with Crippen molar-refractivity contribution >= 4 is 5.78 Å². The van der Waals surface area contributed by atoms with E-state index in [9.17, 15) is 4.79 Å². The molecule has 18 heavy (non-hydrogen) atoms. The van der Waals surface area contributed by atoms with Crippen molar-refractivity contribution < 1.29 is 4.79 Å². The van der Waals surface area contributed by atoms with Crippen molar-refractivity contribution in [2.24, 2.45) is 0 Å². The lowest BCUT2D eigenvalue weighted by atomic mass is 10.1. The summed E-state index contributed by atoms with van der Waals surface area (Å²) >= 11 is 0. The Kier molecular flexibility index (Phi) is 13.1. The Morgan fingerprint density at radius 2 is 1.67 bits per heavy atom. The molecule has 0 radical (unpaired) electrons. The molecule has 0 atom stereocenters. The highest BCUT2D eigenvalue weighted by atomic mass is 16.1. The zero-order valence-corrected chi connectivity index (χ0v) is 11.9. The zero-order chi connectivity index (χ0) is 13.5. The molecule has 0 aliphatic heterocycles. The maximum absolute atomic E-state index is 11.4. The molecule has 0 saturated carbocycles. The Balaban J connectivity index is 3.25. The van der Waals surface area contributed by atoms with Crippen LogP contribution in [0.1, 0.15) is 64.7 Å². The Bertz CT molecular complexity index is 261. The van der Waals surface area contributed by atoms with Gasteiger partial charge in [-0.05, 0) is 25.7 Å². The topological polar surface area (TPSA) is 17.1 Å². The molecule has 0 heterocycles. The van der Waals surface area contributed by atoms with Crippen LogP contribution in [0.3, 0.4) is 0 Å². The predicted molar refractivity (Wildman–Crippen MR) is 80.7 cm³/mol. The third-order valence-corrected chi connectivity index (χ3v) is 2.88. The molecule has 0 aromatic carbocycles. The van der Waals surface area contributed by atoms with Gasteiger partial charge in [0.2, 0.25) is 0 Å². The van der Waals surface area contributed by atoms with Crippen molar-refractivity contribution in [1.82, 2.24) is 0 Å². The second kappa shape index (κ2) is 14.0. The van der Waals surface area contributed by atoms with Crippen LogP contribution < -0.4 is 0 Å². The summed E-state index contributed by atoms with van der Waals surface area (Å²) in [4.78, 5) is 11.4. The molecule has 102 valence electrons. The zero-order valence-electron chi connectivity index (χ0n) is 11.9. The Morgan fingerprint density at radius 1 is 0.944 bits per heavy atom. The second-order valence-electron chi connectivity index (χ2n) is 4.64. The van der Waals surface area contributed by atoms with E-state index in [0.717, 1.165) is 38.5 Å². The molecule has 0 unspecified atom stereocenters. The molecule has 0 fully saturated rings. The monoisotopic (exact) mass is 248 g/mol. The lowest BCUT2D eigenvalue weighted by molar-refractivity contribution is -0.119. The number of hydrogen-bond acceptors (Lipinski definition) is 1. The van der Waals surface area contributed by atoms with E-state index in [0.29, 0.717) is 5.78 Å². The van der Waals surface area contributed by atoms with Gasteiger partial charge in [0.15, 0.2) is 0 Å². The van der Waals surface area contributed by atoms with Crippen LogP contribution >= 0.6 is 0 Å². The fraction of sp³-hybridized carbons (Fsp3) is 0.588. The Labute approximate surface area is 113 Å². The Morgan fingerprint density at radius 3 is 2.39 bits per heavy atom. The van der Waals surface area contributed by atoms with Gasteiger partial charge in [0, 0.05) is 12.8 Å². The van der Waals surface area contributed by atoms with Crippen molar-refractivity contribution in [2.75, 3.05) is 0 Å². The van der Waals surface area contributed by atoms with Gasteiger partial charge in [0.05, 0.1) is 0 Å². The van der Waals surface area contributed by atoms with Crippen molar-refractivity contribution in [2.45, 2.75) is 64.7 Å². The molecule has 0 aliphatic carbocycles. The number of Topliss-reactive ketones (excluding diaryl/α,β-unsaturated/α-hetero) is 1. The molecule has 0 aromatic rings. The third kappa shape index (κ3) is 13.0. The van der Waals surface area contributed by atoms with Crippen LogP contribution in [0.15, 0.2) is 37.0 Å². The first-order valence-electron chi connectivity index (χ1n) is 7.27. The quantitative estimate of drug-likeness (QED) is 0.334. The summed E-state index contributed by atoms with van der Waals surface area (Å²) < 4.78 is 0. The van der Waals surface area contributed by atoms with Gasteiger partial charge in [-0.3, -0.25) is 4.79 Å². The normalized spacial score (nSPS) is 11.4. The van der Waals surface area contributed by atoms with E-state index in [-0.39, 0.29) is 0 Å². The van der Waals surface area contributed by atoms with Crippen LogP contribution in [0.4, 0.5) is 0 Å². The highest BCUT2D eigenvalue weighted by Gasteiger charge is 2.00. The van der Waals surface area contributed by atoms with Gasteiger partial charge in [0.1, 0.15) is 5.78 Å². The van der Waals surface area contributed by atoms with Crippen LogP contribution in [0.25, 0.3) is 0 Å². The fourth-order valence-electron chi connectivity index (χ4n) is 1.75. The maximum atomic E-state index is 11.4. The van der Waals surface area contributed by atoms with E-state index in [2.05, 4.69) is 25.7 Å². The molecule has 1 nitrogen and oxygen atoms in total. The summed E-state index contributed by atoms with van der Waals surface area (Å²) in [5.74, 6) is 0.450. The highest BCUT2D eigenvalue weighted by molar-refractivity contribution is 5.78. The minimum Gasteiger partial charge on any atom is -0.300 e. The number of ketones is 1. The largest absolute Gasteiger partial charge is 0.300 e. The summed E-state index contributed by atoms with van der Waals surface area (Å²) in [6.45, 7) is 5.74. The smallest absolute Gasteiger partial charge is 0.132 e. The van der Waals surface area contributed by atoms with Crippen LogP contribution in [0.5, 0.6) is 0 Å². The average Bonchev–Trinajstić information content (AvgIpc) is 2.38. The molecule has 0 aliphatic rings. The van der Waals surface area contributed by atoms with Crippen LogP contribution in [0.2, 0.25) is 0 Å². The standard InChI is InChI=1S/C17H28O/c1-3-5-7-8-9-10-11-12-13-14-16-17(18)15-6-4-2/h3,5,7-9H,1,4,6,10-16H2,2H3. The average molecular weight is 248 g/mol. The van der Waals surface area contributed by atoms with Gasteiger partial charge in [-0.1, -0.05) is 63.1 Å². The lowest BCUT2D eigenvalue weighted by Crippen LogP contribution is -1.96. The first kappa shape index (κ1) is 16.9. The molecule has 0 N–H and O–H groups in total. The van der Waals surface area contributed by atoms with Gasteiger partial charge in [-0.2, -0.15) is 0 Å². The van der Waals surface area contributed by atoms with E-state index >= 15 is 0 Å². The van der Waals surface area contributed by atoms with E-state index in [1.807, 2.05) is 12.2 Å². The summed E-state index contributed by atoms with van der Waals surface area (Å²) in [6, 6.07) is 0. The van der Waals surface area contributed by atoms with E-state index < -0.39 is 0 Å². The Hall–Kier alpha value is -1.11. The SMILES string of the molecule is C=CC=CC=CCCCCCCC(=O)CCCC. The van der Waals surface area contributed by atoms with Gasteiger partial charge in [-0.15, -0.1) is 0 Å². The van der Waals surface area contributed by atoms with Gasteiger partial charge < -0.3 is 0 Å². The second-order valence-corrected chi connectivity index (χ2v) is 4.64. The highest BCUT2D eigenvalue weighted by Crippen LogP contribution is 2.08. The van der Waals surface area contributed by atoms with Gasteiger partial charge >= 0.3 is 0 Å². The van der Waals surface area contributed by atoms with Gasteiger partial charge in [0.25, 0.3) is 0 Å². The molecule has 0 saturated heterocycles. The van der Waals surface area contributed by atoms with E-state index in [1.54, 1.807) is 6.08 Å². The molecular weight excluding hydrogens is 220 g/mol. The molecule has 1 heteroatoms. The molecule has 0 spiro atoms. The molecular formula is C17H28O. The first-order valence-corrected chi connectivity index (χ1v) is 7.27. The number of rotatable bonds is 12. The minimum atomic E-state index is 0.450. The summed E-state index contributed by atoms with van der Waals surface area (Å²) in [5.41, 5.74) is 0. The van der Waals surface area contributed by atoms with Gasteiger partial charge in [-0.25, -0.2) is 0 Å². The predicted octanol–water partition coefficient (Wildman–Crippen LogP) is 5.38. The van der Waals surface area contributed by atoms with E-state index in [1.165, 1.54) is 19.3 Å². The summed E-state index contributed by atoms with van der Waals surface area (Å²) in [7, 11) is 0. The van der Waals surface area contributed by atoms with E-state index in [4.69, 9.17) is 0 Å². The molecule has 0 aromatic heterocycles. The lowest BCUT2D eigenvalue weighted by Gasteiger charge is -2.00. The van der Waals surface area contributed by atoms with Crippen LogP contribution in [-0.4, -0.2) is 5.78 Å². The maximum Gasteiger partial charge on any atom is 0.132 e. The van der Waals surface area contributed by atoms with Crippen molar-refractivity contribution in [3.63, 3.8) is 0 Å². The summed E-state index contributed by atoms with van der Waals surface area (Å²) in [5, 5.41) is 0. The van der Waals surface area contributed by atoms with Crippen molar-refractivity contribution in [1.29, 1.82) is 0 Å². The minimum absolute atomic E-state index is 0.450. The van der Waals surface area contributed by atoms with Crippen LogP contribution in [0, 0.1) is 0 Å². The van der Waals surface area contributed by atoms with Crippen LogP contribution in [-0.2, 0) is 4.79 Å². The first-order chi connectivity index (χ1) is 8.81. The molecule has 0 amide bonds. The number of carbonyl (C=O) groups is 1. The molecule has 0 rings (SSSR count).